The van der Waals surface area contributed by atoms with Gasteiger partial charge in [-0.15, -0.1) is 0 Å². The van der Waals surface area contributed by atoms with Gasteiger partial charge in [-0.25, -0.2) is 0 Å². The molecule has 0 rings (SSSR count). The number of unbranched alkanes of at least 4 members (excludes halogenated alkanes) is 8. The summed E-state index contributed by atoms with van der Waals surface area (Å²) in [5.41, 5.74) is 5.07. The van der Waals surface area contributed by atoms with Crippen LogP contribution < -0.4 is 5.73 Å². The highest BCUT2D eigenvalue weighted by Crippen LogP contribution is 2.07. The maximum Gasteiger partial charge on any atom is 0.217 e. The van der Waals surface area contributed by atoms with Gasteiger partial charge in [0.15, 0.2) is 0 Å². The first kappa shape index (κ1) is 18.9. The fraction of sp³-hybridized carbons (Fsp3) is 0.722. The largest absolute Gasteiger partial charge is 0.370 e. The van der Waals surface area contributed by atoms with Gasteiger partial charge in [-0.1, -0.05) is 56.9 Å². The molecule has 0 aliphatic heterocycles. The number of carbonyl (C=O) groups is 1. The van der Waals surface area contributed by atoms with Crippen molar-refractivity contribution in [3.05, 3.63) is 24.3 Å². The molecular formula is C18H33NO. The summed E-state index contributed by atoms with van der Waals surface area (Å²) in [7, 11) is 0. The zero-order valence-corrected chi connectivity index (χ0v) is 13.3. The third-order valence-electron chi connectivity index (χ3n) is 3.36. The molecule has 2 heteroatoms. The van der Waals surface area contributed by atoms with Crippen molar-refractivity contribution in [1.82, 2.24) is 0 Å². The molecule has 0 aromatic heterocycles. The number of rotatable bonds is 14. The molecule has 0 radical (unpaired) electrons. The van der Waals surface area contributed by atoms with E-state index in [0.29, 0.717) is 6.42 Å². The Morgan fingerprint density at radius 2 is 1.20 bits per heavy atom. The molecule has 0 fully saturated rings. The predicted molar refractivity (Wildman–Crippen MR) is 88.6 cm³/mol. The Labute approximate surface area is 125 Å². The van der Waals surface area contributed by atoms with E-state index in [1.807, 2.05) is 0 Å². The Morgan fingerprint density at radius 1 is 0.750 bits per heavy atom. The zero-order chi connectivity index (χ0) is 14.9. The third kappa shape index (κ3) is 16.9. The van der Waals surface area contributed by atoms with E-state index in [1.54, 1.807) is 0 Å². The Bertz CT molecular complexity index is 269. The molecule has 2 N–H and O–H groups in total. The molecule has 0 unspecified atom stereocenters. The number of carbonyl (C=O) groups excluding carboxylic acids is 1. The summed E-state index contributed by atoms with van der Waals surface area (Å²) in [6.45, 7) is 2.25. The molecule has 0 aliphatic rings. The lowest BCUT2D eigenvalue weighted by molar-refractivity contribution is -0.117. The highest BCUT2D eigenvalue weighted by atomic mass is 16.1. The summed E-state index contributed by atoms with van der Waals surface area (Å²) in [5, 5.41) is 0. The number of hydrogen-bond donors (Lipinski definition) is 1. The van der Waals surface area contributed by atoms with Crippen molar-refractivity contribution in [2.45, 2.75) is 84.0 Å². The minimum atomic E-state index is -0.212. The van der Waals surface area contributed by atoms with Crippen LogP contribution in [0.1, 0.15) is 84.0 Å². The second kappa shape index (κ2) is 16.0. The fourth-order valence-electron chi connectivity index (χ4n) is 2.09. The van der Waals surface area contributed by atoms with Gasteiger partial charge in [0.25, 0.3) is 0 Å². The third-order valence-corrected chi connectivity index (χ3v) is 3.36. The van der Waals surface area contributed by atoms with Crippen LogP contribution in [-0.2, 0) is 4.79 Å². The van der Waals surface area contributed by atoms with Gasteiger partial charge in [0.2, 0.25) is 5.91 Å². The van der Waals surface area contributed by atoms with Gasteiger partial charge in [-0.05, 0) is 44.9 Å². The molecule has 0 aromatic carbocycles. The molecule has 0 saturated heterocycles. The highest BCUT2D eigenvalue weighted by molar-refractivity contribution is 5.73. The Morgan fingerprint density at radius 3 is 1.65 bits per heavy atom. The lowest BCUT2D eigenvalue weighted by atomic mass is 10.1. The van der Waals surface area contributed by atoms with Crippen LogP contribution in [0.2, 0.25) is 0 Å². The van der Waals surface area contributed by atoms with Crippen molar-refractivity contribution in [1.29, 1.82) is 0 Å². The number of nitrogens with two attached hydrogens (primary N) is 1. The number of primary amides is 1. The van der Waals surface area contributed by atoms with Crippen LogP contribution in [0.15, 0.2) is 24.3 Å². The first-order chi connectivity index (χ1) is 9.77. The minimum Gasteiger partial charge on any atom is -0.370 e. The van der Waals surface area contributed by atoms with E-state index < -0.39 is 0 Å². The van der Waals surface area contributed by atoms with Gasteiger partial charge >= 0.3 is 0 Å². The summed E-state index contributed by atoms with van der Waals surface area (Å²) in [4.78, 5) is 10.5. The van der Waals surface area contributed by atoms with Crippen molar-refractivity contribution in [3.8, 4) is 0 Å². The molecular weight excluding hydrogens is 246 g/mol. The normalized spacial score (nSPS) is 11.7. The second-order valence-corrected chi connectivity index (χ2v) is 5.44. The Balaban J connectivity index is 3.16. The SMILES string of the molecule is CCCCCC/C=C/CCCCC/C=C/CCC(N)=O. The van der Waals surface area contributed by atoms with Crippen LogP contribution in [0, 0.1) is 0 Å². The van der Waals surface area contributed by atoms with Crippen molar-refractivity contribution < 1.29 is 4.79 Å². The predicted octanol–water partition coefficient (Wildman–Crippen LogP) is 5.29. The van der Waals surface area contributed by atoms with Crippen molar-refractivity contribution in [3.63, 3.8) is 0 Å². The molecule has 2 nitrogen and oxygen atoms in total. The summed E-state index contributed by atoms with van der Waals surface area (Å²) in [5.74, 6) is -0.212. The van der Waals surface area contributed by atoms with Gasteiger partial charge in [-0.2, -0.15) is 0 Å². The smallest absolute Gasteiger partial charge is 0.217 e. The first-order valence-electron chi connectivity index (χ1n) is 8.35. The fourth-order valence-corrected chi connectivity index (χ4v) is 2.09. The summed E-state index contributed by atoms with van der Waals surface area (Å²) < 4.78 is 0. The second-order valence-electron chi connectivity index (χ2n) is 5.44. The summed E-state index contributed by atoms with van der Waals surface area (Å²) in [6.07, 6.45) is 23.0. The maximum absolute atomic E-state index is 10.5. The van der Waals surface area contributed by atoms with Crippen LogP contribution >= 0.6 is 0 Å². The van der Waals surface area contributed by atoms with E-state index in [2.05, 4.69) is 31.2 Å². The average molecular weight is 279 g/mol. The van der Waals surface area contributed by atoms with E-state index in [4.69, 9.17) is 5.73 Å². The molecule has 0 bridgehead atoms. The number of amides is 1. The van der Waals surface area contributed by atoms with E-state index in [-0.39, 0.29) is 5.91 Å². The van der Waals surface area contributed by atoms with Crippen molar-refractivity contribution in [2.75, 3.05) is 0 Å². The Hall–Kier alpha value is -1.05. The van der Waals surface area contributed by atoms with Gasteiger partial charge in [0, 0.05) is 6.42 Å². The van der Waals surface area contributed by atoms with Gasteiger partial charge in [0.05, 0.1) is 0 Å². The lowest BCUT2D eigenvalue weighted by Crippen LogP contribution is -2.08. The van der Waals surface area contributed by atoms with Crippen LogP contribution in [0.3, 0.4) is 0 Å². The summed E-state index contributed by atoms with van der Waals surface area (Å²) >= 11 is 0. The topological polar surface area (TPSA) is 43.1 Å². The van der Waals surface area contributed by atoms with E-state index in [9.17, 15) is 4.79 Å². The first-order valence-corrected chi connectivity index (χ1v) is 8.35. The summed E-state index contributed by atoms with van der Waals surface area (Å²) in [6, 6.07) is 0. The number of hydrogen-bond acceptors (Lipinski definition) is 1. The van der Waals surface area contributed by atoms with E-state index in [0.717, 1.165) is 12.8 Å². The quantitative estimate of drug-likeness (QED) is 0.341. The van der Waals surface area contributed by atoms with Crippen LogP contribution in [-0.4, -0.2) is 5.91 Å². The average Bonchev–Trinajstić information content (AvgIpc) is 2.43. The van der Waals surface area contributed by atoms with Gasteiger partial charge < -0.3 is 5.73 Å². The van der Waals surface area contributed by atoms with Crippen LogP contribution in [0.5, 0.6) is 0 Å². The molecule has 0 atom stereocenters. The molecule has 116 valence electrons. The van der Waals surface area contributed by atoms with Crippen molar-refractivity contribution >= 4 is 5.91 Å². The molecule has 0 aliphatic carbocycles. The highest BCUT2D eigenvalue weighted by Gasteiger charge is 1.90. The molecule has 0 heterocycles. The molecule has 0 saturated carbocycles. The van der Waals surface area contributed by atoms with Gasteiger partial charge in [-0.3, -0.25) is 4.79 Å². The van der Waals surface area contributed by atoms with Crippen LogP contribution in [0.4, 0.5) is 0 Å². The minimum absolute atomic E-state index is 0.212. The molecule has 1 amide bonds. The van der Waals surface area contributed by atoms with Gasteiger partial charge in [0.1, 0.15) is 0 Å². The monoisotopic (exact) mass is 279 g/mol. The van der Waals surface area contributed by atoms with E-state index >= 15 is 0 Å². The molecule has 0 spiro atoms. The Kier molecular flexibility index (Phi) is 15.2. The standard InChI is InChI=1S/C18H33NO/c1-2-3-4-5-6-7-8-9-10-11-12-13-14-15-16-17-18(19)20/h7-8,14-15H,2-6,9-13,16-17H2,1H3,(H2,19,20)/b8-7+,15-14+. The molecule has 20 heavy (non-hydrogen) atoms. The van der Waals surface area contributed by atoms with Crippen molar-refractivity contribution in [2.24, 2.45) is 5.73 Å². The number of allylic oxidation sites excluding steroid dienone is 4. The lowest BCUT2D eigenvalue weighted by Gasteiger charge is -1.96. The maximum atomic E-state index is 10.5. The zero-order valence-electron chi connectivity index (χ0n) is 13.3. The van der Waals surface area contributed by atoms with Crippen LogP contribution in [0.25, 0.3) is 0 Å². The molecule has 0 aromatic rings. The van der Waals surface area contributed by atoms with E-state index in [1.165, 1.54) is 57.8 Å².